The molecule has 0 bridgehead atoms. The minimum absolute atomic E-state index is 0.0838. The summed E-state index contributed by atoms with van der Waals surface area (Å²) in [5.74, 6) is -0.595. The van der Waals surface area contributed by atoms with Gasteiger partial charge in [-0.15, -0.1) is 0 Å². The van der Waals surface area contributed by atoms with Gasteiger partial charge in [-0.05, 0) is 42.2 Å². The molecule has 0 spiro atoms. The Hall–Kier alpha value is -2.75. The van der Waals surface area contributed by atoms with Gasteiger partial charge in [-0.2, -0.15) is 4.31 Å². The van der Waals surface area contributed by atoms with Crippen molar-refractivity contribution in [2.75, 3.05) is 43.1 Å². The van der Waals surface area contributed by atoms with Gasteiger partial charge in [-0.1, -0.05) is 38.1 Å². The fraction of sp³-hybridized carbons (Fsp3) is 0.440. The fourth-order valence-corrected chi connectivity index (χ4v) is 5.86. The molecule has 2 atom stereocenters. The van der Waals surface area contributed by atoms with E-state index in [1.165, 1.54) is 16.4 Å². The highest BCUT2D eigenvalue weighted by Crippen LogP contribution is 2.34. The molecule has 34 heavy (non-hydrogen) atoms. The highest BCUT2D eigenvalue weighted by Gasteiger charge is 2.36. The highest BCUT2D eigenvalue weighted by atomic mass is 32.2. The smallest absolute Gasteiger partial charge is 0.243 e. The minimum Gasteiger partial charge on any atom is -0.379 e. The first-order chi connectivity index (χ1) is 16.3. The van der Waals surface area contributed by atoms with Crippen LogP contribution in [-0.2, 0) is 24.3 Å². The second-order valence-electron chi connectivity index (χ2n) is 8.81. The van der Waals surface area contributed by atoms with Crippen molar-refractivity contribution < 1.29 is 22.7 Å². The Kier molecular flexibility index (Phi) is 7.35. The van der Waals surface area contributed by atoms with Crippen LogP contribution in [0.1, 0.15) is 38.2 Å². The second kappa shape index (κ2) is 10.2. The van der Waals surface area contributed by atoms with Crippen LogP contribution in [0.15, 0.2) is 53.4 Å². The molecular formula is C25H31N3O5S. The minimum atomic E-state index is -3.67. The lowest BCUT2D eigenvalue weighted by Gasteiger charge is -2.26. The molecule has 0 radical (unpaired) electrons. The van der Waals surface area contributed by atoms with E-state index >= 15 is 0 Å². The zero-order chi connectivity index (χ0) is 24.3. The molecular weight excluding hydrogens is 454 g/mol. The summed E-state index contributed by atoms with van der Waals surface area (Å²) in [5, 5.41) is 2.81. The molecule has 2 aliphatic rings. The van der Waals surface area contributed by atoms with Gasteiger partial charge in [0.1, 0.15) is 0 Å². The molecule has 2 heterocycles. The van der Waals surface area contributed by atoms with E-state index in [9.17, 15) is 18.0 Å². The average molecular weight is 486 g/mol. The quantitative estimate of drug-likeness (QED) is 0.650. The van der Waals surface area contributed by atoms with E-state index < -0.39 is 15.9 Å². The van der Waals surface area contributed by atoms with Crippen LogP contribution in [0.5, 0.6) is 0 Å². The van der Waals surface area contributed by atoms with Crippen LogP contribution in [0.3, 0.4) is 0 Å². The topological polar surface area (TPSA) is 96.0 Å². The standard InChI is InChI=1S/C25H31N3O5S/c1-3-18(2)22-9-4-5-10-23(22)28-17-19(15-24(28)29)25(30)26-20-7-6-8-21(16-20)34(31,32)27-11-13-33-14-12-27/h4-10,16,18-19H,3,11-15,17H2,1-2H3,(H,26,30)/t18-,19-/m0/s1. The summed E-state index contributed by atoms with van der Waals surface area (Å²) in [6.45, 7) is 5.86. The van der Waals surface area contributed by atoms with Gasteiger partial charge in [0.25, 0.3) is 0 Å². The Morgan fingerprint density at radius 2 is 1.88 bits per heavy atom. The number of ether oxygens (including phenoxy) is 1. The first kappa shape index (κ1) is 24.4. The summed E-state index contributed by atoms with van der Waals surface area (Å²) in [6, 6.07) is 14.1. The van der Waals surface area contributed by atoms with Crippen molar-refractivity contribution in [3.05, 3.63) is 54.1 Å². The number of nitrogens with one attached hydrogen (secondary N) is 1. The van der Waals surface area contributed by atoms with Crippen LogP contribution in [0.2, 0.25) is 0 Å². The van der Waals surface area contributed by atoms with Crippen molar-refractivity contribution in [3.63, 3.8) is 0 Å². The third-order valence-electron chi connectivity index (χ3n) is 6.58. The van der Waals surface area contributed by atoms with E-state index in [1.54, 1.807) is 17.0 Å². The summed E-state index contributed by atoms with van der Waals surface area (Å²) in [4.78, 5) is 27.6. The lowest BCUT2D eigenvalue weighted by Crippen LogP contribution is -2.40. The third-order valence-corrected chi connectivity index (χ3v) is 8.47. The van der Waals surface area contributed by atoms with E-state index in [0.717, 1.165) is 17.7 Å². The zero-order valence-electron chi connectivity index (χ0n) is 19.6. The van der Waals surface area contributed by atoms with Crippen LogP contribution >= 0.6 is 0 Å². The molecule has 0 aliphatic carbocycles. The largest absolute Gasteiger partial charge is 0.379 e. The molecule has 2 aromatic rings. The summed E-state index contributed by atoms with van der Waals surface area (Å²) < 4.78 is 32.5. The number of amides is 2. The molecule has 0 saturated carbocycles. The molecule has 2 aliphatic heterocycles. The van der Waals surface area contributed by atoms with Crippen LogP contribution < -0.4 is 10.2 Å². The molecule has 4 rings (SSSR count). The normalized spacial score (nSPS) is 20.4. The van der Waals surface area contributed by atoms with Gasteiger partial charge in [0.05, 0.1) is 24.0 Å². The van der Waals surface area contributed by atoms with Gasteiger partial charge >= 0.3 is 0 Å². The summed E-state index contributed by atoms with van der Waals surface area (Å²) in [6.07, 6.45) is 1.07. The van der Waals surface area contributed by atoms with Crippen molar-refractivity contribution >= 4 is 33.2 Å². The number of nitrogens with zero attached hydrogens (tertiary/aromatic N) is 2. The van der Waals surface area contributed by atoms with Gasteiger partial charge in [-0.25, -0.2) is 8.42 Å². The Morgan fingerprint density at radius 1 is 1.15 bits per heavy atom. The summed E-state index contributed by atoms with van der Waals surface area (Å²) in [7, 11) is -3.67. The van der Waals surface area contributed by atoms with Crippen molar-refractivity contribution in [3.8, 4) is 0 Å². The Morgan fingerprint density at radius 3 is 2.62 bits per heavy atom. The third kappa shape index (κ3) is 5.01. The molecule has 9 heteroatoms. The predicted octanol–water partition coefficient (Wildman–Crippen LogP) is 3.21. The summed E-state index contributed by atoms with van der Waals surface area (Å²) >= 11 is 0. The monoisotopic (exact) mass is 485 g/mol. The molecule has 0 unspecified atom stereocenters. The van der Waals surface area contributed by atoms with E-state index in [1.807, 2.05) is 24.3 Å². The number of carbonyl (C=O) groups excluding carboxylic acids is 2. The van der Waals surface area contributed by atoms with Crippen LogP contribution in [0, 0.1) is 5.92 Å². The Bertz CT molecular complexity index is 1160. The van der Waals surface area contributed by atoms with Crippen molar-refractivity contribution in [1.29, 1.82) is 0 Å². The van der Waals surface area contributed by atoms with E-state index in [4.69, 9.17) is 4.74 Å². The Balaban J connectivity index is 1.47. The molecule has 2 aromatic carbocycles. The van der Waals surface area contributed by atoms with E-state index in [-0.39, 0.29) is 23.1 Å². The maximum absolute atomic E-state index is 13.0. The van der Waals surface area contributed by atoms with E-state index in [0.29, 0.717) is 44.5 Å². The van der Waals surface area contributed by atoms with Gasteiger partial charge < -0.3 is 15.0 Å². The van der Waals surface area contributed by atoms with Gasteiger partial charge in [0.15, 0.2) is 0 Å². The summed E-state index contributed by atoms with van der Waals surface area (Å²) in [5.41, 5.74) is 2.35. The number of sulfonamides is 1. The van der Waals surface area contributed by atoms with Crippen molar-refractivity contribution in [1.82, 2.24) is 4.31 Å². The number of carbonyl (C=O) groups is 2. The van der Waals surface area contributed by atoms with Crippen LogP contribution in [0.4, 0.5) is 11.4 Å². The fourth-order valence-electron chi connectivity index (χ4n) is 4.40. The number of para-hydroxylation sites is 1. The number of hydrogen-bond acceptors (Lipinski definition) is 5. The van der Waals surface area contributed by atoms with Gasteiger partial charge in [0, 0.05) is 37.4 Å². The van der Waals surface area contributed by atoms with Gasteiger partial charge in [0.2, 0.25) is 21.8 Å². The SMILES string of the molecule is CC[C@H](C)c1ccccc1N1C[C@@H](C(=O)Nc2cccc(S(=O)(=O)N3CCOCC3)c2)CC1=O. The number of benzene rings is 2. The van der Waals surface area contributed by atoms with Crippen LogP contribution in [-0.4, -0.2) is 57.4 Å². The highest BCUT2D eigenvalue weighted by molar-refractivity contribution is 7.89. The first-order valence-electron chi connectivity index (χ1n) is 11.7. The maximum Gasteiger partial charge on any atom is 0.243 e. The molecule has 0 aromatic heterocycles. The second-order valence-corrected chi connectivity index (χ2v) is 10.7. The van der Waals surface area contributed by atoms with Gasteiger partial charge in [-0.3, -0.25) is 9.59 Å². The predicted molar refractivity (Wildman–Crippen MR) is 130 cm³/mol. The molecule has 8 nitrogen and oxygen atoms in total. The van der Waals surface area contributed by atoms with E-state index in [2.05, 4.69) is 19.2 Å². The molecule has 2 amide bonds. The number of morpholine rings is 1. The number of anilines is 2. The lowest BCUT2D eigenvalue weighted by molar-refractivity contribution is -0.122. The lowest BCUT2D eigenvalue weighted by atomic mass is 9.96. The maximum atomic E-state index is 13.0. The first-order valence-corrected chi connectivity index (χ1v) is 13.1. The average Bonchev–Trinajstić information content (AvgIpc) is 3.26. The molecule has 2 fully saturated rings. The zero-order valence-corrected chi connectivity index (χ0v) is 20.4. The van der Waals surface area contributed by atoms with Crippen molar-refractivity contribution in [2.45, 2.75) is 37.5 Å². The number of rotatable bonds is 7. The molecule has 2 saturated heterocycles. The van der Waals surface area contributed by atoms with Crippen LogP contribution in [0.25, 0.3) is 0 Å². The molecule has 1 N–H and O–H groups in total. The van der Waals surface area contributed by atoms with Crippen molar-refractivity contribution in [2.24, 2.45) is 5.92 Å². The number of hydrogen-bond donors (Lipinski definition) is 1. The molecule has 182 valence electrons. The Labute approximate surface area is 200 Å².